The summed E-state index contributed by atoms with van der Waals surface area (Å²) in [4.78, 5) is 0.437. The summed E-state index contributed by atoms with van der Waals surface area (Å²) in [6.45, 7) is 0. The fraction of sp³-hybridized carbons (Fsp3) is 0.250. The molecule has 0 bridgehead atoms. The van der Waals surface area contributed by atoms with Crippen molar-refractivity contribution in [2.45, 2.75) is 10.9 Å². The summed E-state index contributed by atoms with van der Waals surface area (Å²) >= 11 is 1.34. The van der Waals surface area contributed by atoms with E-state index in [0.717, 1.165) is 17.4 Å². The van der Waals surface area contributed by atoms with E-state index >= 15 is 0 Å². The minimum atomic E-state index is -0.563. The lowest BCUT2D eigenvalue weighted by molar-refractivity contribution is 0.404. The highest BCUT2D eigenvalue weighted by Gasteiger charge is 2.15. The molecule has 0 aromatic heterocycles. The van der Waals surface area contributed by atoms with Crippen LogP contribution < -0.4 is 10.1 Å². The van der Waals surface area contributed by atoms with Gasteiger partial charge in [-0.15, -0.1) is 11.8 Å². The summed E-state index contributed by atoms with van der Waals surface area (Å²) < 4.78 is 31.9. The number of para-hydroxylation sites is 1. The van der Waals surface area contributed by atoms with E-state index in [2.05, 4.69) is 5.32 Å². The Morgan fingerprint density at radius 1 is 1.19 bits per heavy atom. The average Bonchev–Trinajstić information content (AvgIpc) is 2.50. The van der Waals surface area contributed by atoms with Gasteiger partial charge in [-0.3, -0.25) is 0 Å². The van der Waals surface area contributed by atoms with Crippen LogP contribution in [0.25, 0.3) is 0 Å². The van der Waals surface area contributed by atoms with Crippen LogP contribution in [0.4, 0.5) is 8.78 Å². The highest BCUT2D eigenvalue weighted by molar-refractivity contribution is 7.99. The quantitative estimate of drug-likeness (QED) is 0.814. The highest BCUT2D eigenvalue weighted by atomic mass is 32.2. The largest absolute Gasteiger partial charge is 0.496 e. The van der Waals surface area contributed by atoms with Crippen LogP contribution in [0.1, 0.15) is 11.6 Å². The highest BCUT2D eigenvalue weighted by Crippen LogP contribution is 2.31. The lowest BCUT2D eigenvalue weighted by atomic mass is 10.1. The Hall–Kier alpha value is -1.59. The molecule has 0 amide bonds. The molecule has 0 fully saturated rings. The number of hydrogen-bond acceptors (Lipinski definition) is 3. The number of halogens is 2. The molecule has 0 saturated heterocycles. The van der Waals surface area contributed by atoms with E-state index in [4.69, 9.17) is 4.74 Å². The predicted octanol–water partition coefficient (Wildman–Crippen LogP) is 4.03. The third kappa shape index (κ3) is 3.95. The number of methoxy groups -OCH3 is 1. The van der Waals surface area contributed by atoms with Gasteiger partial charge < -0.3 is 10.1 Å². The van der Waals surface area contributed by atoms with Crippen LogP contribution in [-0.2, 0) is 0 Å². The first kappa shape index (κ1) is 15.8. The molecule has 0 saturated carbocycles. The van der Waals surface area contributed by atoms with Crippen LogP contribution in [0.5, 0.6) is 5.75 Å². The number of nitrogens with one attached hydrogen (secondary N) is 1. The molecular weight excluding hydrogens is 292 g/mol. The first-order valence-corrected chi connectivity index (χ1v) is 7.52. The maximum Gasteiger partial charge on any atom is 0.139 e. The van der Waals surface area contributed by atoms with Crippen LogP contribution in [0.3, 0.4) is 0 Å². The Morgan fingerprint density at radius 2 is 1.95 bits per heavy atom. The molecule has 0 aliphatic carbocycles. The molecular formula is C16H17F2NOS. The van der Waals surface area contributed by atoms with Gasteiger partial charge in [0.05, 0.1) is 7.11 Å². The predicted molar refractivity (Wildman–Crippen MR) is 81.9 cm³/mol. The van der Waals surface area contributed by atoms with E-state index in [0.29, 0.717) is 10.6 Å². The summed E-state index contributed by atoms with van der Waals surface area (Å²) in [5, 5.41) is 3.20. The van der Waals surface area contributed by atoms with E-state index in [-0.39, 0.29) is 6.04 Å². The topological polar surface area (TPSA) is 21.3 Å². The van der Waals surface area contributed by atoms with Crippen molar-refractivity contribution in [3.8, 4) is 5.75 Å². The molecule has 0 heterocycles. The van der Waals surface area contributed by atoms with Crippen LogP contribution in [-0.4, -0.2) is 19.9 Å². The van der Waals surface area contributed by atoms with Gasteiger partial charge in [0, 0.05) is 28.3 Å². The van der Waals surface area contributed by atoms with Crippen molar-refractivity contribution in [2.75, 3.05) is 19.9 Å². The second-order valence-electron chi connectivity index (χ2n) is 4.47. The second kappa shape index (κ2) is 7.43. The molecule has 112 valence electrons. The summed E-state index contributed by atoms with van der Waals surface area (Å²) in [7, 11) is 3.47. The lowest BCUT2D eigenvalue weighted by Gasteiger charge is -2.19. The Morgan fingerprint density at radius 3 is 2.62 bits per heavy atom. The number of thioether (sulfide) groups is 1. The number of rotatable bonds is 6. The van der Waals surface area contributed by atoms with Crippen molar-refractivity contribution in [3.63, 3.8) is 0 Å². The Kier molecular flexibility index (Phi) is 5.59. The van der Waals surface area contributed by atoms with Crippen LogP contribution in [0.15, 0.2) is 47.4 Å². The molecule has 2 aromatic carbocycles. The van der Waals surface area contributed by atoms with E-state index in [1.165, 1.54) is 23.9 Å². The van der Waals surface area contributed by atoms with Gasteiger partial charge in [-0.2, -0.15) is 0 Å². The third-order valence-electron chi connectivity index (χ3n) is 3.16. The fourth-order valence-electron chi connectivity index (χ4n) is 2.05. The van der Waals surface area contributed by atoms with Crippen molar-refractivity contribution < 1.29 is 13.5 Å². The molecule has 0 spiro atoms. The van der Waals surface area contributed by atoms with Gasteiger partial charge in [0.2, 0.25) is 0 Å². The monoisotopic (exact) mass is 309 g/mol. The molecule has 2 rings (SSSR count). The zero-order valence-corrected chi connectivity index (χ0v) is 12.7. The van der Waals surface area contributed by atoms with Gasteiger partial charge in [-0.1, -0.05) is 18.2 Å². The summed E-state index contributed by atoms with van der Waals surface area (Å²) in [6.07, 6.45) is 0. The SMILES string of the molecule is CNC(CSc1ccc(F)cc1F)c1ccccc1OC. The van der Waals surface area contributed by atoms with Crippen LogP contribution in [0.2, 0.25) is 0 Å². The van der Waals surface area contributed by atoms with Crippen LogP contribution >= 0.6 is 11.8 Å². The Labute approximate surface area is 127 Å². The normalized spacial score (nSPS) is 12.2. The van der Waals surface area contributed by atoms with Crippen molar-refractivity contribution in [1.29, 1.82) is 0 Å². The molecule has 0 aliphatic heterocycles. The first-order valence-electron chi connectivity index (χ1n) is 6.53. The standard InChI is InChI=1S/C16H17F2NOS/c1-19-14(12-5-3-4-6-15(12)20-2)10-21-16-8-7-11(17)9-13(16)18/h3-9,14,19H,10H2,1-2H3. The smallest absolute Gasteiger partial charge is 0.139 e. The van der Waals surface area contributed by atoms with Gasteiger partial charge in [0.1, 0.15) is 17.4 Å². The molecule has 2 nitrogen and oxygen atoms in total. The molecule has 1 unspecified atom stereocenters. The Bertz CT molecular complexity index is 607. The van der Waals surface area contributed by atoms with E-state index in [1.807, 2.05) is 31.3 Å². The number of benzene rings is 2. The fourth-order valence-corrected chi connectivity index (χ4v) is 3.10. The molecule has 1 N–H and O–H groups in total. The maximum absolute atomic E-state index is 13.6. The summed E-state index contributed by atoms with van der Waals surface area (Å²) in [5.41, 5.74) is 1.01. The number of ether oxygens (including phenoxy) is 1. The lowest BCUT2D eigenvalue weighted by Crippen LogP contribution is -2.19. The molecule has 0 aliphatic rings. The minimum absolute atomic E-state index is 0.00982. The third-order valence-corrected chi connectivity index (χ3v) is 4.30. The van der Waals surface area contributed by atoms with E-state index < -0.39 is 11.6 Å². The second-order valence-corrected chi connectivity index (χ2v) is 5.53. The van der Waals surface area contributed by atoms with E-state index in [1.54, 1.807) is 7.11 Å². The number of hydrogen-bond donors (Lipinski definition) is 1. The van der Waals surface area contributed by atoms with Crippen molar-refractivity contribution >= 4 is 11.8 Å². The van der Waals surface area contributed by atoms with Crippen molar-refractivity contribution in [3.05, 3.63) is 59.7 Å². The molecule has 1 atom stereocenters. The first-order chi connectivity index (χ1) is 10.2. The van der Waals surface area contributed by atoms with Gasteiger partial charge in [-0.05, 0) is 25.2 Å². The molecule has 5 heteroatoms. The van der Waals surface area contributed by atoms with Gasteiger partial charge >= 0.3 is 0 Å². The van der Waals surface area contributed by atoms with Crippen LogP contribution in [0, 0.1) is 11.6 Å². The van der Waals surface area contributed by atoms with Gasteiger partial charge in [-0.25, -0.2) is 8.78 Å². The zero-order valence-electron chi connectivity index (χ0n) is 11.9. The van der Waals surface area contributed by atoms with Gasteiger partial charge in [0.15, 0.2) is 0 Å². The summed E-state index contributed by atoms with van der Waals surface area (Å²) in [5.74, 6) is 0.304. The zero-order chi connectivity index (χ0) is 15.2. The molecule has 0 radical (unpaired) electrons. The summed E-state index contributed by atoms with van der Waals surface area (Å²) in [6, 6.07) is 11.3. The van der Waals surface area contributed by atoms with Crippen molar-refractivity contribution in [2.24, 2.45) is 0 Å². The van der Waals surface area contributed by atoms with Gasteiger partial charge in [0.25, 0.3) is 0 Å². The molecule has 2 aromatic rings. The minimum Gasteiger partial charge on any atom is -0.496 e. The Balaban J connectivity index is 2.12. The molecule has 21 heavy (non-hydrogen) atoms. The van der Waals surface area contributed by atoms with Crippen molar-refractivity contribution in [1.82, 2.24) is 5.32 Å². The van der Waals surface area contributed by atoms with E-state index in [9.17, 15) is 8.78 Å². The maximum atomic E-state index is 13.6. The average molecular weight is 309 g/mol.